The Hall–Kier alpha value is -3.00. The normalized spacial score (nSPS) is 12.3. The van der Waals surface area contributed by atoms with Gasteiger partial charge < -0.3 is 20.5 Å². The van der Waals surface area contributed by atoms with Gasteiger partial charge in [0.25, 0.3) is 0 Å². The van der Waals surface area contributed by atoms with Crippen LogP contribution in [0.4, 0.5) is 4.39 Å². The fourth-order valence-corrected chi connectivity index (χ4v) is 2.93. The summed E-state index contributed by atoms with van der Waals surface area (Å²) in [4.78, 5) is 36.5. The average molecular weight is 435 g/mol. The van der Waals surface area contributed by atoms with E-state index in [1.165, 1.54) is 12.1 Å². The van der Waals surface area contributed by atoms with Crippen LogP contribution in [0.25, 0.3) is 0 Å². The van der Waals surface area contributed by atoms with Gasteiger partial charge in [0, 0.05) is 13.0 Å². The molecule has 0 radical (unpaired) electrons. The number of allylic oxidation sites excluding steroid dienone is 2. The molecule has 7 nitrogen and oxygen atoms in total. The number of nitrogens with one attached hydrogen (secondary N) is 2. The summed E-state index contributed by atoms with van der Waals surface area (Å²) in [5.74, 6) is -2.51. The first-order chi connectivity index (χ1) is 14.9. The molecule has 0 heterocycles. The van der Waals surface area contributed by atoms with Crippen LogP contribution in [0.1, 0.15) is 24.8 Å². The number of benzene rings is 1. The lowest BCUT2D eigenvalue weighted by Gasteiger charge is -2.17. The van der Waals surface area contributed by atoms with E-state index in [4.69, 9.17) is 9.84 Å². The second-order valence-corrected chi connectivity index (χ2v) is 7.01. The largest absolute Gasteiger partial charge is 0.464 e. The number of carbonyl (C=O) groups is 3. The van der Waals surface area contributed by atoms with E-state index < -0.39 is 17.8 Å². The van der Waals surface area contributed by atoms with Gasteiger partial charge >= 0.3 is 5.97 Å². The lowest BCUT2D eigenvalue weighted by molar-refractivity contribution is -0.148. The predicted octanol–water partition coefficient (Wildman–Crippen LogP) is 1.91. The minimum Gasteiger partial charge on any atom is -0.464 e. The monoisotopic (exact) mass is 434 g/mol. The van der Waals surface area contributed by atoms with Gasteiger partial charge in [0.1, 0.15) is 12.4 Å². The zero-order valence-corrected chi connectivity index (χ0v) is 17.6. The minimum atomic E-state index is -0.598. The summed E-state index contributed by atoms with van der Waals surface area (Å²) < 4.78 is 18.3. The van der Waals surface area contributed by atoms with Crippen LogP contribution in [0.5, 0.6) is 0 Å². The molecule has 0 fully saturated rings. The van der Waals surface area contributed by atoms with E-state index in [0.717, 1.165) is 5.56 Å². The molecule has 2 amide bonds. The van der Waals surface area contributed by atoms with Gasteiger partial charge in [0.2, 0.25) is 11.8 Å². The molecule has 0 aliphatic heterocycles. The number of hydrogen-bond acceptors (Lipinski definition) is 5. The number of halogens is 1. The molecule has 170 valence electrons. The summed E-state index contributed by atoms with van der Waals surface area (Å²) in [6.07, 6.45) is 4.26. The third-order valence-electron chi connectivity index (χ3n) is 4.51. The molecule has 0 spiro atoms. The Labute approximate surface area is 182 Å². The molecule has 0 aliphatic rings. The SMILES string of the molecule is C=CC[C@@H](CC(=O)NCCO)C(=O)NCCOC(=O)[C@@H](CC=C)Cc1ccc(F)cc1. The molecule has 31 heavy (non-hydrogen) atoms. The van der Waals surface area contributed by atoms with E-state index in [1.807, 2.05) is 0 Å². The van der Waals surface area contributed by atoms with Crippen molar-refractivity contribution in [2.45, 2.75) is 25.7 Å². The van der Waals surface area contributed by atoms with E-state index in [1.54, 1.807) is 24.3 Å². The molecule has 0 saturated carbocycles. The molecule has 0 saturated heterocycles. The van der Waals surface area contributed by atoms with Gasteiger partial charge in [-0.2, -0.15) is 0 Å². The van der Waals surface area contributed by atoms with Crippen LogP contribution in [0.2, 0.25) is 0 Å². The highest BCUT2D eigenvalue weighted by Gasteiger charge is 2.22. The first-order valence-electron chi connectivity index (χ1n) is 10.2. The van der Waals surface area contributed by atoms with Crippen molar-refractivity contribution in [2.75, 3.05) is 26.3 Å². The lowest BCUT2D eigenvalue weighted by atomic mass is 9.96. The van der Waals surface area contributed by atoms with Crippen LogP contribution in [0.15, 0.2) is 49.6 Å². The fourth-order valence-electron chi connectivity index (χ4n) is 2.93. The summed E-state index contributed by atoms with van der Waals surface area (Å²) in [5.41, 5.74) is 0.810. The van der Waals surface area contributed by atoms with Crippen LogP contribution >= 0.6 is 0 Å². The zero-order chi connectivity index (χ0) is 23.1. The highest BCUT2D eigenvalue weighted by molar-refractivity contribution is 5.85. The quantitative estimate of drug-likeness (QED) is 0.222. The van der Waals surface area contributed by atoms with Crippen molar-refractivity contribution in [1.29, 1.82) is 0 Å². The van der Waals surface area contributed by atoms with Crippen molar-refractivity contribution in [2.24, 2.45) is 11.8 Å². The van der Waals surface area contributed by atoms with E-state index in [2.05, 4.69) is 23.8 Å². The predicted molar refractivity (Wildman–Crippen MR) is 115 cm³/mol. The van der Waals surface area contributed by atoms with Crippen molar-refractivity contribution < 1.29 is 28.6 Å². The third-order valence-corrected chi connectivity index (χ3v) is 4.51. The highest BCUT2D eigenvalue weighted by Crippen LogP contribution is 2.15. The third kappa shape index (κ3) is 10.5. The maximum absolute atomic E-state index is 13.1. The lowest BCUT2D eigenvalue weighted by Crippen LogP contribution is -2.37. The Morgan fingerprint density at radius 3 is 2.29 bits per heavy atom. The molecule has 3 N–H and O–H groups in total. The zero-order valence-electron chi connectivity index (χ0n) is 17.6. The van der Waals surface area contributed by atoms with Crippen LogP contribution in [0.3, 0.4) is 0 Å². The van der Waals surface area contributed by atoms with Crippen molar-refractivity contribution >= 4 is 17.8 Å². The maximum Gasteiger partial charge on any atom is 0.309 e. The maximum atomic E-state index is 13.1. The summed E-state index contributed by atoms with van der Waals surface area (Å²) in [6.45, 7) is 7.30. The molecule has 0 aromatic heterocycles. The molecule has 0 unspecified atom stereocenters. The van der Waals surface area contributed by atoms with Crippen molar-refractivity contribution in [1.82, 2.24) is 10.6 Å². The number of amides is 2. The van der Waals surface area contributed by atoms with Crippen molar-refractivity contribution in [3.8, 4) is 0 Å². The van der Waals surface area contributed by atoms with Gasteiger partial charge in [-0.3, -0.25) is 14.4 Å². The molecule has 1 aromatic rings. The number of aliphatic hydroxyl groups excluding tert-OH is 1. The van der Waals surface area contributed by atoms with Gasteiger partial charge in [0.05, 0.1) is 25.0 Å². The number of hydrogen-bond donors (Lipinski definition) is 3. The molecular formula is C23H31FN2O5. The van der Waals surface area contributed by atoms with Crippen LogP contribution in [-0.4, -0.2) is 49.2 Å². The van der Waals surface area contributed by atoms with Crippen LogP contribution < -0.4 is 10.6 Å². The topological polar surface area (TPSA) is 105 Å². The van der Waals surface area contributed by atoms with E-state index in [-0.39, 0.29) is 50.4 Å². The Kier molecular flexibility index (Phi) is 12.5. The number of rotatable bonds is 15. The fraction of sp³-hybridized carbons (Fsp3) is 0.435. The standard InChI is InChI=1S/C23H31FN2O5/c1-3-5-18(16-21(28)25-11-13-27)22(29)26-12-14-31-23(30)19(6-4-2)15-17-7-9-20(24)10-8-17/h3-4,7-10,18-19,27H,1-2,5-6,11-16H2,(H,25,28)(H,26,29)/t18-,19-/m0/s1. The first kappa shape index (κ1) is 26.0. The van der Waals surface area contributed by atoms with E-state index in [0.29, 0.717) is 19.3 Å². The number of carbonyl (C=O) groups excluding carboxylic acids is 3. The smallest absolute Gasteiger partial charge is 0.309 e. The molecule has 8 heteroatoms. The van der Waals surface area contributed by atoms with Gasteiger partial charge in [-0.05, 0) is 37.0 Å². The van der Waals surface area contributed by atoms with E-state index in [9.17, 15) is 18.8 Å². The number of ether oxygens (including phenoxy) is 1. The van der Waals surface area contributed by atoms with Gasteiger partial charge in [-0.15, -0.1) is 13.2 Å². The molecular weight excluding hydrogens is 403 g/mol. The summed E-state index contributed by atoms with van der Waals surface area (Å²) in [5, 5.41) is 13.9. The number of aliphatic hydroxyl groups is 1. The summed E-state index contributed by atoms with van der Waals surface area (Å²) >= 11 is 0. The van der Waals surface area contributed by atoms with Crippen LogP contribution in [-0.2, 0) is 25.5 Å². The molecule has 2 atom stereocenters. The Morgan fingerprint density at radius 2 is 1.68 bits per heavy atom. The Morgan fingerprint density at radius 1 is 1.03 bits per heavy atom. The van der Waals surface area contributed by atoms with Crippen molar-refractivity contribution in [3.05, 3.63) is 61.0 Å². The van der Waals surface area contributed by atoms with E-state index >= 15 is 0 Å². The molecule has 0 aliphatic carbocycles. The Balaban J connectivity index is 2.47. The van der Waals surface area contributed by atoms with Gasteiger partial charge in [-0.25, -0.2) is 4.39 Å². The first-order valence-corrected chi connectivity index (χ1v) is 10.2. The summed E-state index contributed by atoms with van der Waals surface area (Å²) in [7, 11) is 0. The van der Waals surface area contributed by atoms with Crippen molar-refractivity contribution in [3.63, 3.8) is 0 Å². The second kappa shape index (κ2) is 14.9. The Bertz CT molecular complexity index is 736. The molecule has 0 bridgehead atoms. The molecule has 1 rings (SSSR count). The van der Waals surface area contributed by atoms with Crippen LogP contribution in [0, 0.1) is 17.7 Å². The molecule has 1 aromatic carbocycles. The van der Waals surface area contributed by atoms with Gasteiger partial charge in [-0.1, -0.05) is 24.3 Å². The minimum absolute atomic E-state index is 0.0147. The number of esters is 1. The van der Waals surface area contributed by atoms with Gasteiger partial charge in [0.15, 0.2) is 0 Å². The second-order valence-electron chi connectivity index (χ2n) is 7.01. The highest BCUT2D eigenvalue weighted by atomic mass is 19.1. The summed E-state index contributed by atoms with van der Waals surface area (Å²) in [6, 6.07) is 5.92. The average Bonchev–Trinajstić information content (AvgIpc) is 2.75.